The number of carbonyl (C=O) groups excluding carboxylic acids is 1. The van der Waals surface area contributed by atoms with Gasteiger partial charge in [0.1, 0.15) is 24.5 Å². The van der Waals surface area contributed by atoms with Crippen LogP contribution < -0.4 is 10.1 Å². The van der Waals surface area contributed by atoms with Crippen LogP contribution in [0.1, 0.15) is 30.0 Å². The molecule has 0 spiro atoms. The van der Waals surface area contributed by atoms with Gasteiger partial charge < -0.3 is 10.1 Å². The zero-order valence-electron chi connectivity index (χ0n) is 15.3. The number of ether oxygens (including phenoxy) is 1. The van der Waals surface area contributed by atoms with Crippen molar-refractivity contribution in [1.29, 1.82) is 0 Å². The van der Waals surface area contributed by atoms with Gasteiger partial charge in [0.05, 0.1) is 6.54 Å². The van der Waals surface area contributed by atoms with E-state index in [0.29, 0.717) is 13.0 Å². The number of carbonyl (C=O) groups is 1. The summed E-state index contributed by atoms with van der Waals surface area (Å²) in [5, 5.41) is 7.05. The number of aromatic nitrogens is 3. The van der Waals surface area contributed by atoms with Crippen molar-refractivity contribution in [3.63, 3.8) is 0 Å². The molecule has 1 aliphatic heterocycles. The first-order chi connectivity index (χ1) is 13.2. The summed E-state index contributed by atoms with van der Waals surface area (Å²) in [6.07, 6.45) is 5.56. The summed E-state index contributed by atoms with van der Waals surface area (Å²) in [4.78, 5) is 16.2. The van der Waals surface area contributed by atoms with Gasteiger partial charge in [0, 0.05) is 18.5 Å². The van der Waals surface area contributed by atoms with Crippen LogP contribution in [0.25, 0.3) is 0 Å². The van der Waals surface area contributed by atoms with Gasteiger partial charge in [-0.3, -0.25) is 4.79 Å². The first kappa shape index (κ1) is 17.3. The maximum absolute atomic E-state index is 12.3. The van der Waals surface area contributed by atoms with Crippen LogP contribution >= 0.6 is 0 Å². The Balaban J connectivity index is 1.29. The quantitative estimate of drug-likeness (QED) is 0.731. The van der Waals surface area contributed by atoms with E-state index in [9.17, 15) is 4.79 Å². The highest BCUT2D eigenvalue weighted by molar-refractivity contribution is 5.90. The fourth-order valence-corrected chi connectivity index (χ4v) is 3.31. The largest absolute Gasteiger partial charge is 0.490 e. The summed E-state index contributed by atoms with van der Waals surface area (Å²) >= 11 is 0. The van der Waals surface area contributed by atoms with Gasteiger partial charge in [-0.25, -0.2) is 9.67 Å². The second-order valence-corrected chi connectivity index (χ2v) is 6.91. The minimum absolute atomic E-state index is 0.0177. The van der Waals surface area contributed by atoms with E-state index >= 15 is 0 Å². The second-order valence-electron chi connectivity index (χ2n) is 6.91. The molecule has 0 bridgehead atoms. The Hall–Kier alpha value is -3.15. The highest BCUT2D eigenvalue weighted by atomic mass is 16.5. The summed E-state index contributed by atoms with van der Waals surface area (Å²) in [6, 6.07) is 14.0. The Morgan fingerprint density at radius 3 is 2.81 bits per heavy atom. The normalized spacial score (nSPS) is 15.2. The number of hydrogen-bond acceptors (Lipinski definition) is 4. The van der Waals surface area contributed by atoms with Crippen LogP contribution in [0.2, 0.25) is 0 Å². The molecule has 1 aliphatic rings. The van der Waals surface area contributed by atoms with E-state index in [-0.39, 0.29) is 12.0 Å². The molecule has 27 heavy (non-hydrogen) atoms. The van der Waals surface area contributed by atoms with E-state index in [4.69, 9.17) is 4.74 Å². The summed E-state index contributed by atoms with van der Waals surface area (Å²) in [5.74, 6) is 0.992. The molecule has 1 aromatic heterocycles. The van der Waals surface area contributed by atoms with Crippen molar-refractivity contribution < 1.29 is 9.53 Å². The Labute approximate surface area is 158 Å². The highest BCUT2D eigenvalue weighted by Crippen LogP contribution is 2.29. The van der Waals surface area contributed by atoms with Gasteiger partial charge in [-0.1, -0.05) is 24.3 Å². The average molecular weight is 362 g/mol. The summed E-state index contributed by atoms with van der Waals surface area (Å²) < 4.78 is 7.48. The van der Waals surface area contributed by atoms with E-state index in [1.807, 2.05) is 36.4 Å². The van der Waals surface area contributed by atoms with Gasteiger partial charge in [-0.05, 0) is 48.2 Å². The average Bonchev–Trinajstić information content (AvgIpc) is 3.29. The minimum atomic E-state index is 0.0177. The van der Waals surface area contributed by atoms with Crippen LogP contribution in [0.3, 0.4) is 0 Å². The standard InChI is InChI=1S/C21H22N4O2/c1-15-10-18-11-16(4-8-20(18)27-15)5-9-21(26)24-19-6-2-17(3-7-19)12-25-14-22-13-23-25/h2-4,6-8,11,13-15H,5,9-10,12H2,1H3,(H,24,26)/t15-/m1/s1. The molecule has 0 saturated carbocycles. The van der Waals surface area contributed by atoms with Gasteiger partial charge >= 0.3 is 0 Å². The van der Waals surface area contributed by atoms with Crippen LogP contribution in [-0.4, -0.2) is 26.8 Å². The summed E-state index contributed by atoms with van der Waals surface area (Å²) in [6.45, 7) is 2.74. The number of aryl methyl sites for hydroxylation is 1. The Morgan fingerprint density at radius 2 is 2.04 bits per heavy atom. The molecule has 1 N–H and O–H groups in total. The van der Waals surface area contributed by atoms with E-state index in [1.165, 1.54) is 17.5 Å². The van der Waals surface area contributed by atoms with Crippen molar-refractivity contribution in [2.45, 2.75) is 38.8 Å². The number of anilines is 1. The lowest BCUT2D eigenvalue weighted by molar-refractivity contribution is -0.116. The molecule has 6 nitrogen and oxygen atoms in total. The molecule has 0 aliphatic carbocycles. The number of nitrogens with one attached hydrogen (secondary N) is 1. The maximum Gasteiger partial charge on any atom is 0.224 e. The van der Waals surface area contributed by atoms with Gasteiger partial charge in [-0.15, -0.1) is 0 Å². The third-order valence-corrected chi connectivity index (χ3v) is 4.65. The van der Waals surface area contributed by atoms with Crippen molar-refractivity contribution in [1.82, 2.24) is 14.8 Å². The third-order valence-electron chi connectivity index (χ3n) is 4.65. The summed E-state index contributed by atoms with van der Waals surface area (Å²) in [5.41, 5.74) is 4.32. The SMILES string of the molecule is C[C@@H]1Cc2cc(CCC(=O)Nc3ccc(Cn4cncn4)cc3)ccc2O1. The van der Waals surface area contributed by atoms with E-state index in [2.05, 4.69) is 28.4 Å². The van der Waals surface area contributed by atoms with E-state index in [0.717, 1.165) is 29.8 Å². The van der Waals surface area contributed by atoms with Crippen molar-refractivity contribution in [3.8, 4) is 5.75 Å². The smallest absolute Gasteiger partial charge is 0.224 e. The highest BCUT2D eigenvalue weighted by Gasteiger charge is 2.18. The fourth-order valence-electron chi connectivity index (χ4n) is 3.31. The molecule has 6 heteroatoms. The second kappa shape index (κ2) is 7.61. The molecular formula is C21H22N4O2. The monoisotopic (exact) mass is 362 g/mol. The van der Waals surface area contributed by atoms with Crippen LogP contribution in [0.5, 0.6) is 5.75 Å². The molecule has 138 valence electrons. The van der Waals surface area contributed by atoms with Gasteiger partial charge in [-0.2, -0.15) is 5.10 Å². The number of fused-ring (bicyclic) bond motifs is 1. The molecule has 0 radical (unpaired) electrons. The number of amides is 1. The number of hydrogen-bond donors (Lipinski definition) is 1. The van der Waals surface area contributed by atoms with Crippen molar-refractivity contribution in [3.05, 3.63) is 71.8 Å². The third kappa shape index (κ3) is 4.34. The molecule has 0 unspecified atom stereocenters. The molecule has 0 fully saturated rings. The number of nitrogens with zero attached hydrogens (tertiary/aromatic N) is 3. The van der Waals surface area contributed by atoms with Crippen molar-refractivity contribution in [2.75, 3.05) is 5.32 Å². The minimum Gasteiger partial charge on any atom is -0.490 e. The Bertz CT molecular complexity index is 920. The maximum atomic E-state index is 12.3. The van der Waals surface area contributed by atoms with Crippen LogP contribution in [0.15, 0.2) is 55.1 Å². The van der Waals surface area contributed by atoms with Crippen molar-refractivity contribution >= 4 is 11.6 Å². The van der Waals surface area contributed by atoms with Gasteiger partial charge in [0.2, 0.25) is 5.91 Å². The first-order valence-corrected chi connectivity index (χ1v) is 9.15. The number of rotatable bonds is 6. The van der Waals surface area contributed by atoms with Gasteiger partial charge in [0.15, 0.2) is 0 Å². The van der Waals surface area contributed by atoms with Crippen LogP contribution in [0.4, 0.5) is 5.69 Å². The van der Waals surface area contributed by atoms with E-state index in [1.54, 1.807) is 11.0 Å². The van der Waals surface area contributed by atoms with Crippen LogP contribution in [-0.2, 0) is 24.2 Å². The van der Waals surface area contributed by atoms with Crippen molar-refractivity contribution in [2.24, 2.45) is 0 Å². The molecule has 2 heterocycles. The predicted octanol–water partition coefficient (Wildman–Crippen LogP) is 3.22. The fraction of sp³-hybridized carbons (Fsp3) is 0.286. The van der Waals surface area contributed by atoms with Crippen LogP contribution in [0, 0.1) is 0 Å². The van der Waals surface area contributed by atoms with E-state index < -0.39 is 0 Å². The topological polar surface area (TPSA) is 69.0 Å². The lowest BCUT2D eigenvalue weighted by Crippen LogP contribution is -2.12. The Morgan fingerprint density at radius 1 is 1.22 bits per heavy atom. The van der Waals surface area contributed by atoms with Gasteiger partial charge in [0.25, 0.3) is 0 Å². The Kier molecular flexibility index (Phi) is 4.87. The molecule has 1 atom stereocenters. The zero-order valence-corrected chi connectivity index (χ0v) is 15.3. The molecule has 4 rings (SSSR count). The molecule has 2 aromatic carbocycles. The zero-order chi connectivity index (χ0) is 18.6. The lowest BCUT2D eigenvalue weighted by Gasteiger charge is -2.08. The molecule has 1 amide bonds. The molecular weight excluding hydrogens is 340 g/mol. The summed E-state index contributed by atoms with van der Waals surface area (Å²) in [7, 11) is 0. The molecule has 0 saturated heterocycles. The molecule has 3 aromatic rings. The predicted molar refractivity (Wildman–Crippen MR) is 103 cm³/mol. The lowest BCUT2D eigenvalue weighted by atomic mass is 10.0. The first-order valence-electron chi connectivity index (χ1n) is 9.15. The number of benzene rings is 2.